The molecule has 0 spiro atoms. The van der Waals surface area contributed by atoms with Crippen LogP contribution in [0.15, 0.2) is 24.3 Å². The molecule has 150 valence electrons. The molecule has 2 rings (SSSR count). The van der Waals surface area contributed by atoms with Crippen molar-refractivity contribution >= 4 is 27.9 Å². The van der Waals surface area contributed by atoms with E-state index in [4.69, 9.17) is 9.47 Å². The third-order valence-electron chi connectivity index (χ3n) is 4.81. The SMILES string of the molecule is COC(=O)[C@@H]1N[C@H](c2cccc(C)c2)[C@@H](C(=O)OC(C)(C)C)[C@@H]1CCCBr. The van der Waals surface area contributed by atoms with Crippen LogP contribution >= 0.6 is 15.9 Å². The molecule has 1 fully saturated rings. The lowest BCUT2D eigenvalue weighted by molar-refractivity contribution is -0.162. The fourth-order valence-electron chi connectivity index (χ4n) is 3.75. The van der Waals surface area contributed by atoms with Crippen molar-refractivity contribution in [3.63, 3.8) is 0 Å². The molecule has 0 bridgehead atoms. The van der Waals surface area contributed by atoms with E-state index in [1.54, 1.807) is 0 Å². The smallest absolute Gasteiger partial charge is 0.323 e. The van der Waals surface area contributed by atoms with Crippen LogP contribution < -0.4 is 5.32 Å². The maximum absolute atomic E-state index is 13.1. The molecule has 1 aromatic rings. The van der Waals surface area contributed by atoms with E-state index < -0.39 is 17.6 Å². The Balaban J connectivity index is 2.44. The van der Waals surface area contributed by atoms with Gasteiger partial charge in [0.2, 0.25) is 0 Å². The average Bonchev–Trinajstić information content (AvgIpc) is 2.97. The Kier molecular flexibility index (Phi) is 7.46. The normalized spacial score (nSPS) is 25.3. The maximum atomic E-state index is 13.1. The number of hydrogen-bond donors (Lipinski definition) is 1. The lowest BCUT2D eigenvalue weighted by Gasteiger charge is -2.28. The van der Waals surface area contributed by atoms with Crippen molar-refractivity contribution in [2.45, 2.75) is 58.2 Å². The second-order valence-corrected chi connectivity index (χ2v) is 8.91. The van der Waals surface area contributed by atoms with Crippen LogP contribution in [0.1, 0.15) is 50.8 Å². The van der Waals surface area contributed by atoms with Gasteiger partial charge in [-0.2, -0.15) is 0 Å². The van der Waals surface area contributed by atoms with E-state index in [1.807, 2.05) is 45.9 Å². The van der Waals surface area contributed by atoms with Gasteiger partial charge < -0.3 is 9.47 Å². The first kappa shape index (κ1) is 21.9. The van der Waals surface area contributed by atoms with Crippen molar-refractivity contribution in [2.24, 2.45) is 11.8 Å². The zero-order valence-electron chi connectivity index (χ0n) is 16.8. The molecule has 1 N–H and O–H groups in total. The fourth-order valence-corrected chi connectivity index (χ4v) is 4.08. The molecule has 4 atom stereocenters. The Morgan fingerprint density at radius 2 is 1.93 bits per heavy atom. The molecule has 5 nitrogen and oxygen atoms in total. The topological polar surface area (TPSA) is 64.6 Å². The van der Waals surface area contributed by atoms with E-state index in [2.05, 4.69) is 27.3 Å². The van der Waals surface area contributed by atoms with Crippen molar-refractivity contribution in [1.29, 1.82) is 0 Å². The van der Waals surface area contributed by atoms with E-state index >= 15 is 0 Å². The van der Waals surface area contributed by atoms with Gasteiger partial charge in [0.15, 0.2) is 0 Å². The molecule has 1 heterocycles. The number of methoxy groups -OCH3 is 1. The number of carbonyl (C=O) groups is 2. The monoisotopic (exact) mass is 439 g/mol. The second kappa shape index (κ2) is 9.20. The van der Waals surface area contributed by atoms with Gasteiger partial charge in [-0.15, -0.1) is 0 Å². The number of halogens is 1. The lowest BCUT2D eigenvalue weighted by Crippen LogP contribution is -2.38. The minimum Gasteiger partial charge on any atom is -0.468 e. The van der Waals surface area contributed by atoms with Gasteiger partial charge in [0, 0.05) is 17.3 Å². The van der Waals surface area contributed by atoms with Gasteiger partial charge in [-0.25, -0.2) is 0 Å². The van der Waals surface area contributed by atoms with Crippen molar-refractivity contribution in [3.05, 3.63) is 35.4 Å². The van der Waals surface area contributed by atoms with E-state index in [0.29, 0.717) is 0 Å². The average molecular weight is 440 g/mol. The zero-order valence-corrected chi connectivity index (χ0v) is 18.3. The lowest BCUT2D eigenvalue weighted by atomic mass is 9.81. The summed E-state index contributed by atoms with van der Waals surface area (Å²) >= 11 is 3.45. The summed E-state index contributed by atoms with van der Waals surface area (Å²) in [5.74, 6) is -1.24. The summed E-state index contributed by atoms with van der Waals surface area (Å²) in [6.45, 7) is 7.60. The third kappa shape index (κ3) is 5.55. The van der Waals surface area contributed by atoms with Gasteiger partial charge in [0.05, 0.1) is 13.0 Å². The highest BCUT2D eigenvalue weighted by atomic mass is 79.9. The fraction of sp³-hybridized carbons (Fsp3) is 0.619. The minimum atomic E-state index is -0.586. The zero-order chi connectivity index (χ0) is 20.2. The van der Waals surface area contributed by atoms with Crippen LogP contribution in [0.25, 0.3) is 0 Å². The summed E-state index contributed by atoms with van der Waals surface area (Å²) in [6, 6.07) is 7.21. The Labute approximate surface area is 170 Å². The summed E-state index contributed by atoms with van der Waals surface area (Å²) in [7, 11) is 1.38. The first-order valence-electron chi connectivity index (χ1n) is 9.37. The van der Waals surface area contributed by atoms with Crippen LogP contribution in [-0.4, -0.2) is 36.0 Å². The molecule has 6 heteroatoms. The van der Waals surface area contributed by atoms with Gasteiger partial charge in [-0.05, 0) is 46.1 Å². The number of aryl methyl sites for hydroxylation is 1. The van der Waals surface area contributed by atoms with Gasteiger partial charge in [0.25, 0.3) is 0 Å². The van der Waals surface area contributed by atoms with E-state index in [0.717, 1.165) is 29.3 Å². The van der Waals surface area contributed by atoms with Crippen LogP contribution in [0.4, 0.5) is 0 Å². The van der Waals surface area contributed by atoms with Crippen molar-refractivity contribution in [3.8, 4) is 0 Å². The highest BCUT2D eigenvalue weighted by Gasteiger charge is 2.51. The first-order valence-corrected chi connectivity index (χ1v) is 10.5. The Hall–Kier alpha value is -1.40. The number of ether oxygens (including phenoxy) is 2. The van der Waals surface area contributed by atoms with E-state index in [1.165, 1.54) is 7.11 Å². The number of hydrogen-bond acceptors (Lipinski definition) is 5. The molecule has 0 unspecified atom stereocenters. The first-order chi connectivity index (χ1) is 12.7. The van der Waals surface area contributed by atoms with Crippen LogP contribution in [0.3, 0.4) is 0 Å². The molecule has 1 aliphatic heterocycles. The number of rotatable bonds is 6. The summed E-state index contributed by atoms with van der Waals surface area (Å²) in [4.78, 5) is 25.6. The number of nitrogens with one attached hydrogen (secondary N) is 1. The molecule has 27 heavy (non-hydrogen) atoms. The molecule has 1 aliphatic rings. The van der Waals surface area contributed by atoms with Crippen LogP contribution in [0.5, 0.6) is 0 Å². The number of carbonyl (C=O) groups excluding carboxylic acids is 2. The summed E-state index contributed by atoms with van der Waals surface area (Å²) in [5, 5.41) is 4.18. The highest BCUT2D eigenvalue weighted by Crippen LogP contribution is 2.42. The molecule has 1 saturated heterocycles. The molecule has 0 amide bonds. The molecule has 0 aliphatic carbocycles. The molecular formula is C21H30BrNO4. The van der Waals surface area contributed by atoms with Crippen LogP contribution in [0.2, 0.25) is 0 Å². The number of benzene rings is 1. The predicted octanol–water partition coefficient (Wildman–Crippen LogP) is 3.93. The summed E-state index contributed by atoms with van der Waals surface area (Å²) in [6.07, 6.45) is 1.59. The van der Waals surface area contributed by atoms with Crippen LogP contribution in [-0.2, 0) is 19.1 Å². The summed E-state index contributed by atoms with van der Waals surface area (Å²) < 4.78 is 10.7. The van der Waals surface area contributed by atoms with Crippen molar-refractivity contribution in [1.82, 2.24) is 5.32 Å². The molecule has 0 saturated carbocycles. The minimum absolute atomic E-state index is 0.185. The molecule has 1 aromatic carbocycles. The largest absolute Gasteiger partial charge is 0.468 e. The second-order valence-electron chi connectivity index (χ2n) is 8.11. The summed E-state index contributed by atoms with van der Waals surface area (Å²) in [5.41, 5.74) is 1.51. The van der Waals surface area contributed by atoms with Gasteiger partial charge >= 0.3 is 11.9 Å². The number of alkyl halides is 1. The van der Waals surface area contributed by atoms with Crippen molar-refractivity contribution < 1.29 is 19.1 Å². The Morgan fingerprint density at radius 3 is 2.48 bits per heavy atom. The quantitative estimate of drug-likeness (QED) is 0.537. The predicted molar refractivity (Wildman–Crippen MR) is 109 cm³/mol. The van der Waals surface area contributed by atoms with Gasteiger partial charge in [0.1, 0.15) is 11.6 Å². The van der Waals surface area contributed by atoms with Gasteiger partial charge in [-0.1, -0.05) is 45.8 Å². The van der Waals surface area contributed by atoms with Gasteiger partial charge in [-0.3, -0.25) is 14.9 Å². The third-order valence-corrected chi connectivity index (χ3v) is 5.37. The van der Waals surface area contributed by atoms with Crippen molar-refractivity contribution in [2.75, 3.05) is 12.4 Å². The Morgan fingerprint density at radius 1 is 1.22 bits per heavy atom. The van der Waals surface area contributed by atoms with E-state index in [9.17, 15) is 9.59 Å². The molecule has 0 aromatic heterocycles. The highest BCUT2D eigenvalue weighted by molar-refractivity contribution is 9.09. The van der Waals surface area contributed by atoms with E-state index in [-0.39, 0.29) is 23.9 Å². The number of esters is 2. The standard InChI is InChI=1S/C21H30BrNO4/c1-13-8-6-9-14(12-13)17-16(19(24)27-21(2,3)4)15(10-7-11-22)18(23-17)20(25)26-5/h6,8-9,12,15-18,23H,7,10-11H2,1-5H3/t15-,16-,17+,18+/m0/s1. The molecular weight excluding hydrogens is 410 g/mol. The molecule has 0 radical (unpaired) electrons. The van der Waals surface area contributed by atoms with Crippen LogP contribution in [0, 0.1) is 18.8 Å². The maximum Gasteiger partial charge on any atom is 0.323 e. The Bertz CT molecular complexity index is 670.